The summed E-state index contributed by atoms with van der Waals surface area (Å²) in [7, 11) is 0. The highest BCUT2D eigenvalue weighted by Crippen LogP contribution is 2.25. The van der Waals surface area contributed by atoms with Crippen LogP contribution in [-0.4, -0.2) is 41.1 Å². The van der Waals surface area contributed by atoms with E-state index in [0.717, 1.165) is 19.3 Å². The molecule has 2 N–H and O–H groups in total. The molecule has 24 heavy (non-hydrogen) atoms. The number of piperidine rings is 1. The van der Waals surface area contributed by atoms with Crippen LogP contribution in [0.5, 0.6) is 0 Å². The molecular formula is C18H25ClN2O3. The van der Waals surface area contributed by atoms with E-state index >= 15 is 0 Å². The summed E-state index contributed by atoms with van der Waals surface area (Å²) < 4.78 is 0. The van der Waals surface area contributed by atoms with Crippen molar-refractivity contribution in [2.45, 2.75) is 39.2 Å². The van der Waals surface area contributed by atoms with Gasteiger partial charge in [0.05, 0.1) is 0 Å². The van der Waals surface area contributed by atoms with Crippen molar-refractivity contribution < 1.29 is 14.7 Å². The van der Waals surface area contributed by atoms with Crippen molar-refractivity contribution in [1.82, 2.24) is 10.2 Å². The first kappa shape index (κ1) is 18.6. The average molecular weight is 353 g/mol. The van der Waals surface area contributed by atoms with Crippen LogP contribution in [0.4, 0.5) is 4.79 Å². The third kappa shape index (κ3) is 5.13. The highest BCUT2D eigenvalue weighted by atomic mass is 35.5. The number of likely N-dealkylation sites (tertiary alicyclic amines) is 1. The van der Waals surface area contributed by atoms with Crippen molar-refractivity contribution in [2.75, 3.05) is 13.1 Å². The first-order valence-corrected chi connectivity index (χ1v) is 8.79. The molecule has 1 aromatic rings. The minimum Gasteiger partial charge on any atom is -0.465 e. The predicted octanol–water partition coefficient (Wildman–Crippen LogP) is 3.87. The Balaban J connectivity index is 2.01. The zero-order valence-electron chi connectivity index (χ0n) is 14.2. The van der Waals surface area contributed by atoms with Crippen molar-refractivity contribution in [3.8, 4) is 0 Å². The number of benzene rings is 1. The van der Waals surface area contributed by atoms with E-state index in [1.807, 2.05) is 0 Å². The number of hydrogen-bond donors (Lipinski definition) is 2. The average Bonchev–Trinajstić information content (AvgIpc) is 2.54. The molecule has 0 radical (unpaired) electrons. The van der Waals surface area contributed by atoms with Gasteiger partial charge in [-0.25, -0.2) is 4.79 Å². The number of carbonyl (C=O) groups excluding carboxylic acids is 1. The van der Waals surface area contributed by atoms with Gasteiger partial charge in [0.2, 0.25) is 0 Å². The van der Waals surface area contributed by atoms with E-state index in [1.54, 1.807) is 24.3 Å². The summed E-state index contributed by atoms with van der Waals surface area (Å²) in [5.41, 5.74) is 0.594. The monoisotopic (exact) mass is 352 g/mol. The lowest BCUT2D eigenvalue weighted by molar-refractivity contribution is 0.0865. The van der Waals surface area contributed by atoms with Gasteiger partial charge in [-0.05, 0) is 55.4 Å². The summed E-state index contributed by atoms with van der Waals surface area (Å²) >= 11 is 5.87. The molecule has 2 rings (SSSR count). The maximum absolute atomic E-state index is 12.5. The Morgan fingerprint density at radius 3 is 2.33 bits per heavy atom. The van der Waals surface area contributed by atoms with Crippen LogP contribution in [0.3, 0.4) is 0 Å². The number of carboxylic acid groups (broad SMARTS) is 1. The van der Waals surface area contributed by atoms with Crippen LogP contribution in [0.2, 0.25) is 5.02 Å². The maximum Gasteiger partial charge on any atom is 0.407 e. The second kappa shape index (κ2) is 8.38. The molecule has 2 amide bonds. The first-order valence-electron chi connectivity index (χ1n) is 8.41. The quantitative estimate of drug-likeness (QED) is 0.845. The Kier molecular flexibility index (Phi) is 6.49. The third-order valence-electron chi connectivity index (χ3n) is 4.53. The molecule has 1 aromatic carbocycles. The largest absolute Gasteiger partial charge is 0.465 e. The predicted molar refractivity (Wildman–Crippen MR) is 94.5 cm³/mol. The van der Waals surface area contributed by atoms with Crippen LogP contribution in [-0.2, 0) is 0 Å². The summed E-state index contributed by atoms with van der Waals surface area (Å²) in [6, 6.07) is 6.91. The van der Waals surface area contributed by atoms with Crippen LogP contribution in [0, 0.1) is 11.8 Å². The number of nitrogens with one attached hydrogen (secondary N) is 1. The number of carbonyl (C=O) groups is 2. The van der Waals surface area contributed by atoms with Gasteiger partial charge in [0, 0.05) is 29.7 Å². The van der Waals surface area contributed by atoms with Crippen molar-refractivity contribution in [1.29, 1.82) is 0 Å². The SMILES string of the molecule is CC(C)C[C@@H](NC(=O)c1ccc(Cl)cc1)C1CCN(C(=O)O)CC1. The molecule has 1 atom stereocenters. The van der Waals surface area contributed by atoms with Gasteiger partial charge in [-0.2, -0.15) is 0 Å². The lowest BCUT2D eigenvalue weighted by atomic mass is 9.85. The van der Waals surface area contributed by atoms with E-state index < -0.39 is 6.09 Å². The smallest absolute Gasteiger partial charge is 0.407 e. The van der Waals surface area contributed by atoms with Crippen LogP contribution in [0.25, 0.3) is 0 Å². The number of hydrogen-bond acceptors (Lipinski definition) is 2. The molecule has 1 fully saturated rings. The minimum absolute atomic E-state index is 0.0594. The number of amides is 2. The minimum atomic E-state index is -0.862. The van der Waals surface area contributed by atoms with E-state index in [4.69, 9.17) is 16.7 Å². The topological polar surface area (TPSA) is 69.6 Å². The molecule has 0 unspecified atom stereocenters. The summed E-state index contributed by atoms with van der Waals surface area (Å²) in [5, 5.41) is 12.8. The Hall–Kier alpha value is -1.75. The fraction of sp³-hybridized carbons (Fsp3) is 0.556. The molecule has 0 bridgehead atoms. The number of rotatable bonds is 5. The molecule has 6 heteroatoms. The molecule has 0 aromatic heterocycles. The van der Waals surface area contributed by atoms with Crippen molar-refractivity contribution in [3.05, 3.63) is 34.9 Å². The molecule has 0 saturated carbocycles. The Bertz CT molecular complexity index is 566. The fourth-order valence-corrected chi connectivity index (χ4v) is 3.35. The normalized spacial score (nSPS) is 16.9. The molecule has 1 heterocycles. The van der Waals surface area contributed by atoms with Crippen LogP contribution in [0.15, 0.2) is 24.3 Å². The van der Waals surface area contributed by atoms with E-state index in [2.05, 4.69) is 19.2 Å². The van der Waals surface area contributed by atoms with Crippen molar-refractivity contribution >= 4 is 23.6 Å². The molecule has 1 aliphatic heterocycles. The zero-order chi connectivity index (χ0) is 17.7. The van der Waals surface area contributed by atoms with Crippen LogP contribution < -0.4 is 5.32 Å². The summed E-state index contributed by atoms with van der Waals surface area (Å²) in [5.74, 6) is 0.662. The van der Waals surface area contributed by atoms with Gasteiger partial charge < -0.3 is 15.3 Å². The highest BCUT2D eigenvalue weighted by Gasteiger charge is 2.29. The first-order chi connectivity index (χ1) is 11.4. The Morgan fingerprint density at radius 2 is 1.83 bits per heavy atom. The number of halogens is 1. The van der Waals surface area contributed by atoms with E-state index in [9.17, 15) is 9.59 Å². The fourth-order valence-electron chi connectivity index (χ4n) is 3.22. The second-order valence-electron chi connectivity index (χ2n) is 6.82. The maximum atomic E-state index is 12.5. The molecule has 0 spiro atoms. The lowest BCUT2D eigenvalue weighted by Crippen LogP contribution is -2.47. The van der Waals surface area contributed by atoms with Crippen LogP contribution >= 0.6 is 11.6 Å². The summed E-state index contributed by atoms with van der Waals surface area (Å²) in [6.07, 6.45) is 1.59. The van der Waals surface area contributed by atoms with Gasteiger partial charge in [0.1, 0.15) is 0 Å². The second-order valence-corrected chi connectivity index (χ2v) is 7.26. The molecule has 5 nitrogen and oxygen atoms in total. The van der Waals surface area contributed by atoms with E-state index in [1.165, 1.54) is 4.90 Å². The van der Waals surface area contributed by atoms with Gasteiger partial charge in [0.15, 0.2) is 0 Å². The van der Waals surface area contributed by atoms with Crippen molar-refractivity contribution in [2.24, 2.45) is 11.8 Å². The molecule has 0 aliphatic carbocycles. The molecular weight excluding hydrogens is 328 g/mol. The molecule has 1 saturated heterocycles. The van der Waals surface area contributed by atoms with Gasteiger partial charge in [0.25, 0.3) is 5.91 Å². The zero-order valence-corrected chi connectivity index (χ0v) is 14.9. The number of nitrogens with zero attached hydrogens (tertiary/aromatic N) is 1. The van der Waals surface area contributed by atoms with Gasteiger partial charge >= 0.3 is 6.09 Å². The standard InChI is InChI=1S/C18H25ClN2O3/c1-12(2)11-16(13-7-9-21(10-8-13)18(23)24)20-17(22)14-3-5-15(19)6-4-14/h3-6,12-13,16H,7-11H2,1-2H3,(H,20,22)(H,23,24)/t16-/m1/s1. The molecule has 1 aliphatic rings. The van der Waals surface area contributed by atoms with Gasteiger partial charge in [-0.3, -0.25) is 4.79 Å². The van der Waals surface area contributed by atoms with E-state index in [0.29, 0.717) is 35.5 Å². The van der Waals surface area contributed by atoms with Gasteiger partial charge in [-0.15, -0.1) is 0 Å². The summed E-state index contributed by atoms with van der Waals surface area (Å²) in [6.45, 7) is 5.33. The Labute approximate surface area is 148 Å². The third-order valence-corrected chi connectivity index (χ3v) is 4.78. The van der Waals surface area contributed by atoms with Gasteiger partial charge in [-0.1, -0.05) is 25.4 Å². The van der Waals surface area contributed by atoms with Crippen LogP contribution in [0.1, 0.15) is 43.5 Å². The molecule has 132 valence electrons. The van der Waals surface area contributed by atoms with Crippen molar-refractivity contribution in [3.63, 3.8) is 0 Å². The highest BCUT2D eigenvalue weighted by molar-refractivity contribution is 6.30. The lowest BCUT2D eigenvalue weighted by Gasteiger charge is -2.36. The Morgan fingerprint density at radius 1 is 1.25 bits per heavy atom. The summed E-state index contributed by atoms with van der Waals surface area (Å²) in [4.78, 5) is 25.0. The van der Waals surface area contributed by atoms with E-state index in [-0.39, 0.29) is 11.9 Å².